The Labute approximate surface area is 179 Å². The van der Waals surface area contributed by atoms with Crippen LogP contribution in [0, 0.1) is 20.8 Å². The van der Waals surface area contributed by atoms with E-state index in [9.17, 15) is 0 Å². The predicted octanol–water partition coefficient (Wildman–Crippen LogP) is 7.35. The van der Waals surface area contributed by atoms with E-state index in [-0.39, 0.29) is 0 Å². The molecular weight excluding hydrogens is 368 g/mol. The summed E-state index contributed by atoms with van der Waals surface area (Å²) in [6.45, 7) is 13.8. The monoisotopic (exact) mass is 400 g/mol. The lowest BCUT2D eigenvalue weighted by molar-refractivity contribution is 0.503. The van der Waals surface area contributed by atoms with Gasteiger partial charge in [-0.05, 0) is 67.9 Å². The summed E-state index contributed by atoms with van der Waals surface area (Å²) >= 11 is 0. The number of benzene rings is 1. The zero-order valence-electron chi connectivity index (χ0n) is 19.0. The maximum atomic E-state index is 5.89. The molecule has 4 rings (SSSR count). The van der Waals surface area contributed by atoms with Gasteiger partial charge in [0, 0.05) is 30.1 Å². The molecule has 0 saturated carbocycles. The van der Waals surface area contributed by atoms with Gasteiger partial charge in [-0.3, -0.25) is 4.98 Å². The first-order chi connectivity index (χ1) is 14.4. The molecule has 0 bridgehead atoms. The quantitative estimate of drug-likeness (QED) is 0.339. The van der Waals surface area contributed by atoms with Crippen LogP contribution in [0.15, 0.2) is 47.1 Å². The maximum absolute atomic E-state index is 5.89. The summed E-state index contributed by atoms with van der Waals surface area (Å²) in [6.07, 6.45) is 6.49. The molecule has 0 aliphatic carbocycles. The number of rotatable bonds is 6. The lowest BCUT2D eigenvalue weighted by Gasteiger charge is -2.11. The Bertz CT molecular complexity index is 1200. The molecule has 30 heavy (non-hydrogen) atoms. The molecule has 0 fully saturated rings. The molecule has 0 radical (unpaired) electrons. The molecule has 3 aromatic heterocycles. The summed E-state index contributed by atoms with van der Waals surface area (Å²) in [4.78, 5) is 4.96. The van der Waals surface area contributed by atoms with E-state index in [1.54, 1.807) is 0 Å². The molecule has 1 aromatic carbocycles. The molecule has 4 aromatic rings. The maximum Gasteiger partial charge on any atom is 0.109 e. The van der Waals surface area contributed by atoms with Crippen LogP contribution in [0.5, 0.6) is 0 Å². The van der Waals surface area contributed by atoms with E-state index < -0.39 is 0 Å². The predicted molar refractivity (Wildman–Crippen MR) is 125 cm³/mol. The second-order valence-electron chi connectivity index (χ2n) is 8.45. The first-order valence-electron chi connectivity index (χ1n) is 11.1. The molecule has 0 N–H and O–H groups in total. The Morgan fingerprint density at radius 3 is 2.40 bits per heavy atom. The lowest BCUT2D eigenvalue weighted by atomic mass is 9.99. The molecule has 0 spiro atoms. The van der Waals surface area contributed by atoms with Gasteiger partial charge in [-0.2, -0.15) is 0 Å². The third-order valence-corrected chi connectivity index (χ3v) is 6.58. The number of hydrogen-bond donors (Lipinski definition) is 0. The molecule has 0 aliphatic rings. The minimum Gasteiger partial charge on any atom is -0.466 e. The molecule has 0 amide bonds. The number of fused-ring (bicyclic) bond motifs is 1. The van der Waals surface area contributed by atoms with Crippen LogP contribution in [0.3, 0.4) is 0 Å². The highest BCUT2D eigenvalue weighted by Gasteiger charge is 2.19. The van der Waals surface area contributed by atoms with Crippen molar-refractivity contribution in [3.63, 3.8) is 0 Å². The van der Waals surface area contributed by atoms with Crippen molar-refractivity contribution in [3.05, 3.63) is 76.5 Å². The molecule has 3 heteroatoms. The third kappa shape index (κ3) is 3.47. The third-order valence-electron chi connectivity index (χ3n) is 6.58. The second kappa shape index (κ2) is 8.14. The van der Waals surface area contributed by atoms with E-state index >= 15 is 0 Å². The smallest absolute Gasteiger partial charge is 0.109 e. The van der Waals surface area contributed by atoms with Crippen LogP contribution in [0.1, 0.15) is 66.9 Å². The van der Waals surface area contributed by atoms with Crippen molar-refractivity contribution in [2.45, 2.75) is 66.8 Å². The first kappa shape index (κ1) is 20.5. The van der Waals surface area contributed by atoms with E-state index in [1.807, 2.05) is 20.0 Å². The van der Waals surface area contributed by atoms with Gasteiger partial charge in [0.25, 0.3) is 0 Å². The number of aromatic nitrogens is 2. The molecule has 0 saturated heterocycles. The molecule has 0 aliphatic heterocycles. The van der Waals surface area contributed by atoms with Crippen LogP contribution in [0.4, 0.5) is 0 Å². The van der Waals surface area contributed by atoms with E-state index in [1.165, 1.54) is 33.3 Å². The van der Waals surface area contributed by atoms with Crippen LogP contribution < -0.4 is 0 Å². The van der Waals surface area contributed by atoms with Crippen molar-refractivity contribution in [1.29, 1.82) is 0 Å². The molecule has 1 atom stereocenters. The first-order valence-corrected chi connectivity index (χ1v) is 11.1. The normalized spacial score (nSPS) is 12.6. The highest BCUT2D eigenvalue weighted by molar-refractivity contribution is 5.86. The van der Waals surface area contributed by atoms with E-state index in [4.69, 9.17) is 9.40 Å². The minimum atomic E-state index is 0.480. The van der Waals surface area contributed by atoms with E-state index in [2.05, 4.69) is 68.8 Å². The van der Waals surface area contributed by atoms with Gasteiger partial charge in [0.05, 0.1) is 11.0 Å². The zero-order chi connectivity index (χ0) is 21.4. The van der Waals surface area contributed by atoms with E-state index in [0.29, 0.717) is 5.92 Å². The Morgan fingerprint density at radius 1 is 1.03 bits per heavy atom. The Morgan fingerprint density at radius 2 is 1.77 bits per heavy atom. The van der Waals surface area contributed by atoms with Gasteiger partial charge >= 0.3 is 0 Å². The number of hydrogen-bond acceptors (Lipinski definition) is 2. The fourth-order valence-corrected chi connectivity index (χ4v) is 4.50. The van der Waals surface area contributed by atoms with Crippen LogP contribution >= 0.6 is 0 Å². The number of furan rings is 1. The van der Waals surface area contributed by atoms with Crippen molar-refractivity contribution in [2.24, 2.45) is 0 Å². The minimum absolute atomic E-state index is 0.480. The average molecular weight is 401 g/mol. The van der Waals surface area contributed by atoms with Crippen molar-refractivity contribution >= 4 is 11.0 Å². The molecule has 1 unspecified atom stereocenters. The van der Waals surface area contributed by atoms with Gasteiger partial charge in [-0.1, -0.05) is 45.0 Å². The standard InChI is InChI=1S/C27H32N2O/c1-7-17(3)24-16-29(15-22-12-10-9-11-21(22)8-2)25-13-23(14-28-27(24)25)26-18(4)19(5)30-20(26)6/h9-14,16-17H,7-8,15H2,1-6H3. The van der Waals surface area contributed by atoms with Crippen LogP contribution in [-0.2, 0) is 13.0 Å². The Balaban J connectivity index is 1.90. The van der Waals surface area contributed by atoms with Crippen molar-refractivity contribution < 1.29 is 4.42 Å². The van der Waals surface area contributed by atoms with Crippen molar-refractivity contribution in [3.8, 4) is 11.1 Å². The highest BCUT2D eigenvalue weighted by atomic mass is 16.3. The average Bonchev–Trinajstić information content (AvgIpc) is 3.23. The topological polar surface area (TPSA) is 31.0 Å². The number of aryl methyl sites for hydroxylation is 3. The summed E-state index contributed by atoms with van der Waals surface area (Å²) in [7, 11) is 0. The molecule has 3 nitrogen and oxygen atoms in total. The SMILES string of the molecule is CCc1ccccc1Cn1cc(C(C)CC)c2ncc(-c3c(C)oc(C)c3C)cc21. The summed E-state index contributed by atoms with van der Waals surface area (Å²) in [5.41, 5.74) is 9.95. The second-order valence-corrected chi connectivity index (χ2v) is 8.45. The van der Waals surface area contributed by atoms with Crippen molar-refractivity contribution in [1.82, 2.24) is 9.55 Å². The molecule has 156 valence electrons. The van der Waals surface area contributed by atoms with Gasteiger partial charge in [0.2, 0.25) is 0 Å². The Hall–Kier alpha value is -2.81. The van der Waals surface area contributed by atoms with Crippen LogP contribution in [0.25, 0.3) is 22.2 Å². The summed E-state index contributed by atoms with van der Waals surface area (Å²) in [5, 5.41) is 0. The van der Waals surface area contributed by atoms with Gasteiger partial charge in [0.15, 0.2) is 0 Å². The molecular formula is C27H32N2O. The lowest BCUT2D eigenvalue weighted by Crippen LogP contribution is -2.02. The van der Waals surface area contributed by atoms with Crippen LogP contribution in [0.2, 0.25) is 0 Å². The number of pyridine rings is 1. The fourth-order valence-electron chi connectivity index (χ4n) is 4.50. The summed E-state index contributed by atoms with van der Waals surface area (Å²) in [5.74, 6) is 2.42. The van der Waals surface area contributed by atoms with Gasteiger partial charge < -0.3 is 8.98 Å². The largest absolute Gasteiger partial charge is 0.466 e. The number of nitrogens with zero attached hydrogens (tertiary/aromatic N) is 2. The van der Waals surface area contributed by atoms with E-state index in [0.717, 1.165) is 42.0 Å². The fraction of sp³-hybridized carbons (Fsp3) is 0.370. The van der Waals surface area contributed by atoms with Crippen molar-refractivity contribution in [2.75, 3.05) is 0 Å². The zero-order valence-corrected chi connectivity index (χ0v) is 19.0. The van der Waals surface area contributed by atoms with Gasteiger partial charge in [0.1, 0.15) is 11.5 Å². The summed E-state index contributed by atoms with van der Waals surface area (Å²) in [6, 6.07) is 11.1. The summed E-state index contributed by atoms with van der Waals surface area (Å²) < 4.78 is 8.28. The Kier molecular flexibility index (Phi) is 5.55. The highest BCUT2D eigenvalue weighted by Crippen LogP contribution is 2.35. The van der Waals surface area contributed by atoms with Gasteiger partial charge in [-0.15, -0.1) is 0 Å². The molecule has 3 heterocycles. The van der Waals surface area contributed by atoms with Crippen LogP contribution in [-0.4, -0.2) is 9.55 Å². The van der Waals surface area contributed by atoms with Gasteiger partial charge in [-0.25, -0.2) is 0 Å².